The summed E-state index contributed by atoms with van der Waals surface area (Å²) < 4.78 is 4.37. The fourth-order valence-corrected chi connectivity index (χ4v) is 1.27. The molecule has 0 aliphatic rings. The molecule has 0 saturated heterocycles. The standard InChI is InChI=1S/C14H11NO5/c1-9(16)6-13(18)20-14(19)11(8-15)7-10-2-4-12(17)5-3-10/h2-5,7,17H,6H2,1H3/b11-7+. The summed E-state index contributed by atoms with van der Waals surface area (Å²) in [5, 5.41) is 18.0. The third-order valence-electron chi connectivity index (χ3n) is 2.14. The second-order valence-corrected chi connectivity index (χ2v) is 3.90. The highest BCUT2D eigenvalue weighted by molar-refractivity contribution is 6.05. The molecule has 0 saturated carbocycles. The maximum Gasteiger partial charge on any atom is 0.356 e. The van der Waals surface area contributed by atoms with Crippen LogP contribution in [0.4, 0.5) is 0 Å². The van der Waals surface area contributed by atoms with Gasteiger partial charge in [0.15, 0.2) is 0 Å². The van der Waals surface area contributed by atoms with Crippen LogP contribution in [0.15, 0.2) is 29.8 Å². The average Bonchev–Trinajstić information content (AvgIpc) is 2.36. The second kappa shape index (κ2) is 6.85. The molecular weight excluding hydrogens is 262 g/mol. The van der Waals surface area contributed by atoms with Crippen LogP contribution in [0.3, 0.4) is 0 Å². The van der Waals surface area contributed by atoms with Crippen molar-refractivity contribution in [2.75, 3.05) is 0 Å². The Morgan fingerprint density at radius 2 is 1.90 bits per heavy atom. The Morgan fingerprint density at radius 1 is 1.30 bits per heavy atom. The molecule has 102 valence electrons. The van der Waals surface area contributed by atoms with Crippen molar-refractivity contribution in [3.05, 3.63) is 35.4 Å². The van der Waals surface area contributed by atoms with Gasteiger partial charge < -0.3 is 9.84 Å². The van der Waals surface area contributed by atoms with Gasteiger partial charge in [0.2, 0.25) is 0 Å². The highest BCUT2D eigenvalue weighted by atomic mass is 16.6. The van der Waals surface area contributed by atoms with Gasteiger partial charge in [0.1, 0.15) is 29.6 Å². The smallest absolute Gasteiger partial charge is 0.356 e. The van der Waals surface area contributed by atoms with E-state index in [1.807, 2.05) is 0 Å². The quantitative estimate of drug-likeness (QED) is 0.384. The number of benzene rings is 1. The summed E-state index contributed by atoms with van der Waals surface area (Å²) >= 11 is 0. The SMILES string of the molecule is CC(=O)CC(=O)OC(=O)/C(C#N)=C/c1ccc(O)cc1. The normalized spacial score (nSPS) is 10.5. The lowest BCUT2D eigenvalue weighted by Gasteiger charge is -2.00. The van der Waals surface area contributed by atoms with E-state index in [1.165, 1.54) is 37.3 Å². The van der Waals surface area contributed by atoms with Crippen molar-refractivity contribution in [3.8, 4) is 11.8 Å². The van der Waals surface area contributed by atoms with E-state index in [2.05, 4.69) is 4.74 Å². The molecule has 20 heavy (non-hydrogen) atoms. The number of esters is 2. The summed E-state index contributed by atoms with van der Waals surface area (Å²) in [5.74, 6) is -2.52. The summed E-state index contributed by atoms with van der Waals surface area (Å²) in [6.45, 7) is 1.18. The van der Waals surface area contributed by atoms with Crippen LogP contribution in [0, 0.1) is 11.3 Å². The molecule has 1 rings (SSSR count). The Hall–Kier alpha value is -2.94. The molecule has 0 aliphatic carbocycles. The van der Waals surface area contributed by atoms with Crippen LogP contribution in [0.1, 0.15) is 18.9 Å². The fraction of sp³-hybridized carbons (Fsp3) is 0.143. The first kappa shape index (κ1) is 15.1. The number of hydrogen-bond donors (Lipinski definition) is 1. The highest BCUT2D eigenvalue weighted by Crippen LogP contribution is 2.13. The maximum atomic E-state index is 11.5. The number of ether oxygens (including phenoxy) is 1. The zero-order valence-corrected chi connectivity index (χ0v) is 10.6. The summed E-state index contributed by atoms with van der Waals surface area (Å²) in [6.07, 6.45) is 0.687. The lowest BCUT2D eigenvalue weighted by atomic mass is 10.1. The molecule has 0 amide bonds. The first-order chi connectivity index (χ1) is 9.42. The van der Waals surface area contributed by atoms with Gasteiger partial charge in [-0.3, -0.25) is 9.59 Å². The number of phenols is 1. The Balaban J connectivity index is 2.83. The summed E-state index contributed by atoms with van der Waals surface area (Å²) in [6, 6.07) is 7.34. The number of carbonyl (C=O) groups is 3. The average molecular weight is 273 g/mol. The molecule has 0 radical (unpaired) electrons. The van der Waals surface area contributed by atoms with E-state index in [4.69, 9.17) is 10.4 Å². The maximum absolute atomic E-state index is 11.5. The number of rotatable bonds is 4. The fourth-order valence-electron chi connectivity index (χ4n) is 1.27. The van der Waals surface area contributed by atoms with Crippen LogP contribution in [0.25, 0.3) is 6.08 Å². The van der Waals surface area contributed by atoms with Gasteiger partial charge in [0.25, 0.3) is 0 Å². The van der Waals surface area contributed by atoms with E-state index in [0.717, 1.165) is 0 Å². The first-order valence-electron chi connectivity index (χ1n) is 5.57. The number of nitriles is 1. The Labute approximate surface area is 114 Å². The van der Waals surface area contributed by atoms with Crippen molar-refractivity contribution >= 4 is 23.8 Å². The molecule has 0 aliphatic heterocycles. The van der Waals surface area contributed by atoms with Crippen LogP contribution in [0.2, 0.25) is 0 Å². The van der Waals surface area contributed by atoms with Gasteiger partial charge in [0.05, 0.1) is 0 Å². The van der Waals surface area contributed by atoms with Crippen molar-refractivity contribution in [1.82, 2.24) is 0 Å². The molecule has 1 N–H and O–H groups in total. The highest BCUT2D eigenvalue weighted by Gasteiger charge is 2.16. The minimum atomic E-state index is -1.12. The minimum absolute atomic E-state index is 0.0415. The van der Waals surface area contributed by atoms with Crippen molar-refractivity contribution < 1.29 is 24.2 Å². The molecule has 0 spiro atoms. The summed E-state index contributed by atoms with van der Waals surface area (Å²) in [7, 11) is 0. The molecule has 0 bridgehead atoms. The Kier molecular flexibility index (Phi) is 5.18. The predicted octanol–water partition coefficient (Wildman–Crippen LogP) is 1.35. The number of carbonyl (C=O) groups excluding carboxylic acids is 3. The summed E-state index contributed by atoms with van der Waals surface area (Å²) in [4.78, 5) is 33.4. The van der Waals surface area contributed by atoms with Gasteiger partial charge in [-0.15, -0.1) is 0 Å². The molecule has 0 heterocycles. The van der Waals surface area contributed by atoms with Gasteiger partial charge in [0, 0.05) is 0 Å². The van der Waals surface area contributed by atoms with Crippen LogP contribution < -0.4 is 0 Å². The Bertz CT molecular complexity index is 607. The third-order valence-corrected chi connectivity index (χ3v) is 2.14. The molecule has 6 nitrogen and oxygen atoms in total. The zero-order valence-electron chi connectivity index (χ0n) is 10.6. The minimum Gasteiger partial charge on any atom is -0.508 e. The van der Waals surface area contributed by atoms with E-state index in [9.17, 15) is 14.4 Å². The molecule has 1 aromatic carbocycles. The number of aromatic hydroxyl groups is 1. The zero-order chi connectivity index (χ0) is 15.1. The predicted molar refractivity (Wildman–Crippen MR) is 68.1 cm³/mol. The van der Waals surface area contributed by atoms with E-state index in [1.54, 1.807) is 6.07 Å². The van der Waals surface area contributed by atoms with Crippen molar-refractivity contribution in [3.63, 3.8) is 0 Å². The third kappa shape index (κ3) is 4.74. The van der Waals surface area contributed by atoms with Crippen LogP contribution in [0.5, 0.6) is 5.75 Å². The number of phenolic OH excluding ortho intramolecular Hbond substituents is 1. The summed E-state index contributed by atoms with van der Waals surface area (Å²) in [5.41, 5.74) is 0.0999. The van der Waals surface area contributed by atoms with E-state index in [0.29, 0.717) is 5.56 Å². The monoisotopic (exact) mass is 273 g/mol. The van der Waals surface area contributed by atoms with Crippen LogP contribution in [-0.2, 0) is 19.1 Å². The van der Waals surface area contributed by atoms with Gasteiger partial charge >= 0.3 is 11.9 Å². The molecule has 0 unspecified atom stereocenters. The topological polar surface area (TPSA) is 104 Å². The van der Waals surface area contributed by atoms with Crippen molar-refractivity contribution in [1.29, 1.82) is 5.26 Å². The lowest BCUT2D eigenvalue weighted by molar-refractivity contribution is -0.157. The van der Waals surface area contributed by atoms with E-state index < -0.39 is 24.1 Å². The first-order valence-corrected chi connectivity index (χ1v) is 5.57. The van der Waals surface area contributed by atoms with E-state index in [-0.39, 0.29) is 11.3 Å². The van der Waals surface area contributed by atoms with Crippen LogP contribution >= 0.6 is 0 Å². The molecule has 0 atom stereocenters. The Morgan fingerprint density at radius 3 is 2.40 bits per heavy atom. The number of nitrogens with zero attached hydrogens (tertiary/aromatic N) is 1. The largest absolute Gasteiger partial charge is 0.508 e. The van der Waals surface area contributed by atoms with E-state index >= 15 is 0 Å². The van der Waals surface area contributed by atoms with Crippen molar-refractivity contribution in [2.45, 2.75) is 13.3 Å². The van der Waals surface area contributed by atoms with Crippen LogP contribution in [-0.4, -0.2) is 22.8 Å². The van der Waals surface area contributed by atoms with Gasteiger partial charge in [-0.1, -0.05) is 12.1 Å². The number of Topliss-reactive ketones (excluding diaryl/α,β-unsaturated/α-hetero) is 1. The van der Waals surface area contributed by atoms with Gasteiger partial charge in [-0.25, -0.2) is 4.79 Å². The molecule has 6 heteroatoms. The number of hydrogen-bond acceptors (Lipinski definition) is 6. The molecule has 0 aromatic heterocycles. The molecular formula is C14H11NO5. The van der Waals surface area contributed by atoms with Crippen molar-refractivity contribution in [2.24, 2.45) is 0 Å². The second-order valence-electron chi connectivity index (χ2n) is 3.90. The van der Waals surface area contributed by atoms with Gasteiger partial charge in [-0.2, -0.15) is 5.26 Å². The molecule has 0 fully saturated rings. The molecule has 1 aromatic rings. The van der Waals surface area contributed by atoms with Gasteiger partial charge in [-0.05, 0) is 30.7 Å². The lowest BCUT2D eigenvalue weighted by Crippen LogP contribution is -2.15. The number of ketones is 1.